The summed E-state index contributed by atoms with van der Waals surface area (Å²) in [5, 5.41) is 3.65. The van der Waals surface area contributed by atoms with Gasteiger partial charge < -0.3 is 10.2 Å². The van der Waals surface area contributed by atoms with Gasteiger partial charge in [-0.05, 0) is 37.3 Å². The quantitative estimate of drug-likeness (QED) is 0.920. The van der Waals surface area contributed by atoms with Gasteiger partial charge in [0.15, 0.2) is 0 Å². The van der Waals surface area contributed by atoms with E-state index in [-0.39, 0.29) is 17.7 Å². The summed E-state index contributed by atoms with van der Waals surface area (Å²) in [6.45, 7) is 1.87. The second-order valence-corrected chi connectivity index (χ2v) is 6.94. The Hall–Kier alpha value is -1.55. The van der Waals surface area contributed by atoms with Crippen molar-refractivity contribution < 1.29 is 9.59 Å². The molecule has 1 saturated carbocycles. The SMILES string of the molecule is O=C(NCc1ccccc1Cl)C1CCN(C(=O)C2CCC2)CC1. The summed E-state index contributed by atoms with van der Waals surface area (Å²) in [4.78, 5) is 26.5. The molecule has 124 valence electrons. The first-order valence-electron chi connectivity index (χ1n) is 8.45. The number of amides is 2. The molecule has 1 aromatic carbocycles. The fraction of sp³-hybridized carbons (Fsp3) is 0.556. The number of hydrogen-bond donors (Lipinski definition) is 1. The van der Waals surface area contributed by atoms with Crippen LogP contribution in [0.1, 0.15) is 37.7 Å². The molecule has 0 aromatic heterocycles. The second kappa shape index (κ2) is 7.35. The standard InChI is InChI=1S/C18H23ClN2O2/c19-16-7-2-1-4-15(16)12-20-17(22)13-8-10-21(11-9-13)18(23)14-5-3-6-14/h1-2,4,7,13-14H,3,5-6,8-12H2,(H,20,22). The highest BCUT2D eigenvalue weighted by Gasteiger charge is 2.33. The summed E-state index contributed by atoms with van der Waals surface area (Å²) in [6, 6.07) is 7.54. The van der Waals surface area contributed by atoms with Gasteiger partial charge in [0.2, 0.25) is 11.8 Å². The third-order valence-corrected chi connectivity index (χ3v) is 5.41. The monoisotopic (exact) mass is 334 g/mol. The Bertz CT molecular complexity index is 578. The van der Waals surface area contributed by atoms with E-state index in [0.717, 1.165) is 31.2 Å². The molecule has 2 aliphatic rings. The zero-order chi connectivity index (χ0) is 16.2. The lowest BCUT2D eigenvalue weighted by molar-refractivity contribution is -0.141. The average Bonchev–Trinajstić information content (AvgIpc) is 2.52. The highest BCUT2D eigenvalue weighted by atomic mass is 35.5. The van der Waals surface area contributed by atoms with Crippen LogP contribution in [-0.4, -0.2) is 29.8 Å². The minimum atomic E-state index is 0.00271. The van der Waals surface area contributed by atoms with Crippen molar-refractivity contribution in [2.75, 3.05) is 13.1 Å². The lowest BCUT2D eigenvalue weighted by Crippen LogP contribution is -2.46. The fourth-order valence-electron chi connectivity index (χ4n) is 3.24. The third-order valence-electron chi connectivity index (χ3n) is 5.04. The van der Waals surface area contributed by atoms with E-state index in [1.807, 2.05) is 29.2 Å². The summed E-state index contributed by atoms with van der Waals surface area (Å²) in [5.41, 5.74) is 0.931. The third kappa shape index (κ3) is 3.86. The zero-order valence-electron chi connectivity index (χ0n) is 13.3. The van der Waals surface area contributed by atoms with E-state index in [1.54, 1.807) is 0 Å². The second-order valence-electron chi connectivity index (χ2n) is 6.54. The Balaban J connectivity index is 1.45. The maximum Gasteiger partial charge on any atom is 0.225 e. The molecule has 1 aliphatic carbocycles. The molecule has 1 aromatic rings. The van der Waals surface area contributed by atoms with Gasteiger partial charge in [0.25, 0.3) is 0 Å². The summed E-state index contributed by atoms with van der Waals surface area (Å²) in [6.07, 6.45) is 4.77. The highest BCUT2D eigenvalue weighted by molar-refractivity contribution is 6.31. The molecule has 2 fully saturated rings. The number of benzene rings is 1. The van der Waals surface area contributed by atoms with Crippen LogP contribution in [-0.2, 0) is 16.1 Å². The van der Waals surface area contributed by atoms with Crippen molar-refractivity contribution in [3.05, 3.63) is 34.9 Å². The van der Waals surface area contributed by atoms with E-state index in [4.69, 9.17) is 11.6 Å². The van der Waals surface area contributed by atoms with E-state index in [1.165, 1.54) is 6.42 Å². The van der Waals surface area contributed by atoms with E-state index in [0.29, 0.717) is 30.6 Å². The lowest BCUT2D eigenvalue weighted by Gasteiger charge is -2.36. The number of rotatable bonds is 4. The van der Waals surface area contributed by atoms with Crippen molar-refractivity contribution in [2.45, 2.75) is 38.6 Å². The molecular formula is C18H23ClN2O2. The summed E-state index contributed by atoms with van der Waals surface area (Å²) in [7, 11) is 0. The van der Waals surface area contributed by atoms with Gasteiger partial charge in [-0.3, -0.25) is 9.59 Å². The van der Waals surface area contributed by atoms with Gasteiger partial charge in [0, 0.05) is 36.5 Å². The molecule has 1 saturated heterocycles. The number of carbonyl (C=O) groups is 2. The predicted octanol–water partition coefficient (Wildman–Crippen LogP) is 2.99. The van der Waals surface area contributed by atoms with Gasteiger partial charge in [-0.2, -0.15) is 0 Å². The molecule has 23 heavy (non-hydrogen) atoms. The van der Waals surface area contributed by atoms with Crippen molar-refractivity contribution in [3.8, 4) is 0 Å². The molecule has 1 heterocycles. The maximum atomic E-state index is 12.3. The molecule has 2 amide bonds. The first-order chi connectivity index (χ1) is 11.1. The largest absolute Gasteiger partial charge is 0.352 e. The first-order valence-corrected chi connectivity index (χ1v) is 8.83. The van der Waals surface area contributed by atoms with Crippen LogP contribution in [0, 0.1) is 11.8 Å². The zero-order valence-corrected chi connectivity index (χ0v) is 14.0. The topological polar surface area (TPSA) is 49.4 Å². The predicted molar refractivity (Wildman–Crippen MR) is 89.9 cm³/mol. The van der Waals surface area contributed by atoms with E-state index >= 15 is 0 Å². The van der Waals surface area contributed by atoms with Crippen LogP contribution in [0.5, 0.6) is 0 Å². The van der Waals surface area contributed by atoms with Gasteiger partial charge in [0.05, 0.1) is 0 Å². The number of nitrogens with one attached hydrogen (secondary N) is 1. The van der Waals surface area contributed by atoms with Crippen LogP contribution in [0.15, 0.2) is 24.3 Å². The number of halogens is 1. The minimum absolute atomic E-state index is 0.00271. The van der Waals surface area contributed by atoms with Crippen LogP contribution in [0.4, 0.5) is 0 Å². The fourth-order valence-corrected chi connectivity index (χ4v) is 3.45. The minimum Gasteiger partial charge on any atom is -0.352 e. The van der Waals surface area contributed by atoms with Gasteiger partial charge in [0.1, 0.15) is 0 Å². The molecule has 0 atom stereocenters. The summed E-state index contributed by atoms with van der Waals surface area (Å²) < 4.78 is 0. The number of hydrogen-bond acceptors (Lipinski definition) is 2. The Morgan fingerprint density at radius 2 is 1.78 bits per heavy atom. The van der Waals surface area contributed by atoms with Crippen LogP contribution >= 0.6 is 11.6 Å². The molecule has 4 nitrogen and oxygen atoms in total. The first kappa shape index (κ1) is 16.3. The van der Waals surface area contributed by atoms with Crippen LogP contribution < -0.4 is 5.32 Å². The molecule has 1 N–H and O–H groups in total. The summed E-state index contributed by atoms with van der Waals surface area (Å²) in [5.74, 6) is 0.621. The normalized spacial score (nSPS) is 19.3. The Morgan fingerprint density at radius 3 is 2.39 bits per heavy atom. The van der Waals surface area contributed by atoms with Crippen molar-refractivity contribution in [2.24, 2.45) is 11.8 Å². The molecule has 0 bridgehead atoms. The molecule has 0 spiro atoms. The van der Waals surface area contributed by atoms with Gasteiger partial charge >= 0.3 is 0 Å². The van der Waals surface area contributed by atoms with E-state index in [9.17, 15) is 9.59 Å². The van der Waals surface area contributed by atoms with Crippen LogP contribution in [0.25, 0.3) is 0 Å². The smallest absolute Gasteiger partial charge is 0.225 e. The summed E-state index contributed by atoms with van der Waals surface area (Å²) >= 11 is 6.10. The van der Waals surface area contributed by atoms with Gasteiger partial charge in [-0.15, -0.1) is 0 Å². The molecule has 3 rings (SSSR count). The van der Waals surface area contributed by atoms with Gasteiger partial charge in [-0.1, -0.05) is 36.2 Å². The van der Waals surface area contributed by atoms with Crippen molar-refractivity contribution in [1.82, 2.24) is 10.2 Å². The molecule has 1 aliphatic heterocycles. The number of likely N-dealkylation sites (tertiary alicyclic amines) is 1. The highest BCUT2D eigenvalue weighted by Crippen LogP contribution is 2.30. The number of piperidine rings is 1. The van der Waals surface area contributed by atoms with E-state index in [2.05, 4.69) is 5.32 Å². The van der Waals surface area contributed by atoms with E-state index < -0.39 is 0 Å². The molecule has 5 heteroatoms. The Labute approximate surface area is 142 Å². The van der Waals surface area contributed by atoms with Crippen molar-refractivity contribution >= 4 is 23.4 Å². The number of nitrogens with zero attached hydrogens (tertiary/aromatic N) is 1. The van der Waals surface area contributed by atoms with Crippen molar-refractivity contribution in [3.63, 3.8) is 0 Å². The molecule has 0 radical (unpaired) electrons. The number of carbonyl (C=O) groups excluding carboxylic acids is 2. The molecular weight excluding hydrogens is 312 g/mol. The maximum absolute atomic E-state index is 12.3. The van der Waals surface area contributed by atoms with Crippen LogP contribution in [0.3, 0.4) is 0 Å². The van der Waals surface area contributed by atoms with Crippen molar-refractivity contribution in [1.29, 1.82) is 0 Å². The Morgan fingerprint density at radius 1 is 1.09 bits per heavy atom. The molecule has 0 unspecified atom stereocenters. The Kier molecular flexibility index (Phi) is 5.21. The van der Waals surface area contributed by atoms with Gasteiger partial charge in [-0.25, -0.2) is 0 Å². The van der Waals surface area contributed by atoms with Crippen LogP contribution in [0.2, 0.25) is 5.02 Å². The average molecular weight is 335 g/mol. The lowest BCUT2D eigenvalue weighted by atomic mass is 9.83.